The highest BCUT2D eigenvalue weighted by Gasteiger charge is 2.42. The quantitative estimate of drug-likeness (QED) is 0.811. The van der Waals surface area contributed by atoms with Crippen molar-refractivity contribution in [1.29, 1.82) is 0 Å². The van der Waals surface area contributed by atoms with Gasteiger partial charge in [0.2, 0.25) is 0 Å². The Kier molecular flexibility index (Phi) is 2.47. The van der Waals surface area contributed by atoms with Crippen molar-refractivity contribution in [2.45, 2.75) is 31.7 Å². The molecule has 86 valence electrons. The van der Waals surface area contributed by atoms with Crippen molar-refractivity contribution < 1.29 is 4.39 Å². The van der Waals surface area contributed by atoms with Crippen LogP contribution in [-0.4, -0.2) is 0 Å². The average molecular weight is 219 g/mol. The zero-order valence-electron chi connectivity index (χ0n) is 9.40. The predicted molar refractivity (Wildman–Crippen MR) is 62.3 cm³/mol. The SMILES string of the molecule is NC(c1cccc(F)c1)C1CC2CCC1C2. The number of fused-ring (bicyclic) bond motifs is 2. The fourth-order valence-corrected chi connectivity index (χ4v) is 3.69. The summed E-state index contributed by atoms with van der Waals surface area (Å²) in [5.41, 5.74) is 7.26. The first-order chi connectivity index (χ1) is 7.74. The number of nitrogens with two attached hydrogens (primary N) is 1. The highest BCUT2D eigenvalue weighted by Crippen LogP contribution is 2.51. The topological polar surface area (TPSA) is 26.0 Å². The van der Waals surface area contributed by atoms with E-state index in [9.17, 15) is 4.39 Å². The van der Waals surface area contributed by atoms with Crippen LogP contribution in [-0.2, 0) is 0 Å². The first-order valence-corrected chi connectivity index (χ1v) is 6.25. The summed E-state index contributed by atoms with van der Waals surface area (Å²) in [4.78, 5) is 0. The van der Waals surface area contributed by atoms with Crippen LogP contribution in [0.5, 0.6) is 0 Å². The van der Waals surface area contributed by atoms with Gasteiger partial charge in [-0.3, -0.25) is 0 Å². The van der Waals surface area contributed by atoms with Gasteiger partial charge in [0.15, 0.2) is 0 Å². The molecule has 2 N–H and O–H groups in total. The van der Waals surface area contributed by atoms with Crippen LogP contribution in [0.1, 0.15) is 37.3 Å². The van der Waals surface area contributed by atoms with Gasteiger partial charge in [-0.15, -0.1) is 0 Å². The maximum atomic E-state index is 13.1. The molecule has 2 saturated carbocycles. The van der Waals surface area contributed by atoms with Crippen molar-refractivity contribution in [3.05, 3.63) is 35.6 Å². The van der Waals surface area contributed by atoms with E-state index in [1.54, 1.807) is 12.1 Å². The molecule has 0 heterocycles. The minimum atomic E-state index is -0.170. The van der Waals surface area contributed by atoms with Crippen molar-refractivity contribution >= 4 is 0 Å². The van der Waals surface area contributed by atoms with E-state index < -0.39 is 0 Å². The zero-order valence-corrected chi connectivity index (χ0v) is 9.40. The Hall–Kier alpha value is -0.890. The van der Waals surface area contributed by atoms with E-state index in [1.807, 2.05) is 6.07 Å². The largest absolute Gasteiger partial charge is 0.324 e. The third kappa shape index (κ3) is 1.65. The predicted octanol–water partition coefficient (Wildman–Crippen LogP) is 3.26. The summed E-state index contributed by atoms with van der Waals surface area (Å²) in [6, 6.07) is 6.83. The summed E-state index contributed by atoms with van der Waals surface area (Å²) in [5.74, 6) is 2.11. The van der Waals surface area contributed by atoms with Crippen molar-refractivity contribution in [1.82, 2.24) is 0 Å². The molecular formula is C14H18FN. The molecule has 2 bridgehead atoms. The van der Waals surface area contributed by atoms with Gasteiger partial charge in [0.25, 0.3) is 0 Å². The molecule has 1 aromatic carbocycles. The molecule has 0 saturated heterocycles. The highest BCUT2D eigenvalue weighted by atomic mass is 19.1. The van der Waals surface area contributed by atoms with Gasteiger partial charge >= 0.3 is 0 Å². The molecule has 2 aliphatic carbocycles. The summed E-state index contributed by atoms with van der Waals surface area (Å²) in [5, 5.41) is 0. The molecule has 0 aromatic heterocycles. The van der Waals surface area contributed by atoms with Gasteiger partial charge in [-0.05, 0) is 54.7 Å². The van der Waals surface area contributed by atoms with Crippen LogP contribution in [0.25, 0.3) is 0 Å². The van der Waals surface area contributed by atoms with Gasteiger partial charge in [-0.1, -0.05) is 18.6 Å². The lowest BCUT2D eigenvalue weighted by Gasteiger charge is -2.28. The number of halogens is 1. The molecular weight excluding hydrogens is 201 g/mol. The number of hydrogen-bond acceptors (Lipinski definition) is 1. The highest BCUT2D eigenvalue weighted by molar-refractivity contribution is 5.21. The fourth-order valence-electron chi connectivity index (χ4n) is 3.69. The molecule has 0 amide bonds. The number of benzene rings is 1. The van der Waals surface area contributed by atoms with E-state index in [0.29, 0.717) is 5.92 Å². The summed E-state index contributed by atoms with van der Waals surface area (Å²) in [6.45, 7) is 0. The third-order valence-electron chi connectivity index (χ3n) is 4.49. The maximum Gasteiger partial charge on any atom is 0.123 e. The molecule has 1 nitrogen and oxygen atoms in total. The Morgan fingerprint density at radius 3 is 2.75 bits per heavy atom. The first-order valence-electron chi connectivity index (χ1n) is 6.25. The van der Waals surface area contributed by atoms with Crippen LogP contribution >= 0.6 is 0 Å². The summed E-state index contributed by atoms with van der Waals surface area (Å²) < 4.78 is 13.1. The van der Waals surface area contributed by atoms with E-state index in [4.69, 9.17) is 5.73 Å². The molecule has 4 atom stereocenters. The average Bonchev–Trinajstić information content (AvgIpc) is 2.89. The number of hydrogen-bond donors (Lipinski definition) is 1. The van der Waals surface area contributed by atoms with Crippen molar-refractivity contribution in [2.75, 3.05) is 0 Å². The van der Waals surface area contributed by atoms with Gasteiger partial charge in [0, 0.05) is 6.04 Å². The van der Waals surface area contributed by atoms with E-state index in [0.717, 1.165) is 17.4 Å². The second kappa shape index (κ2) is 3.85. The van der Waals surface area contributed by atoms with E-state index in [-0.39, 0.29) is 11.9 Å². The fraction of sp³-hybridized carbons (Fsp3) is 0.571. The van der Waals surface area contributed by atoms with Gasteiger partial charge < -0.3 is 5.73 Å². The minimum Gasteiger partial charge on any atom is -0.324 e. The molecule has 3 rings (SSSR count). The molecule has 2 heteroatoms. The maximum absolute atomic E-state index is 13.1. The Morgan fingerprint density at radius 1 is 1.25 bits per heavy atom. The minimum absolute atomic E-state index is 0.0333. The molecule has 0 spiro atoms. The van der Waals surface area contributed by atoms with Crippen LogP contribution < -0.4 is 5.73 Å². The lowest BCUT2D eigenvalue weighted by molar-refractivity contribution is 0.284. The van der Waals surface area contributed by atoms with Crippen molar-refractivity contribution in [3.8, 4) is 0 Å². The van der Waals surface area contributed by atoms with E-state index in [1.165, 1.54) is 31.7 Å². The monoisotopic (exact) mass is 219 g/mol. The second-order valence-electron chi connectivity index (χ2n) is 5.42. The van der Waals surface area contributed by atoms with Crippen molar-refractivity contribution in [3.63, 3.8) is 0 Å². The Balaban J connectivity index is 1.80. The molecule has 0 radical (unpaired) electrons. The number of rotatable bonds is 2. The summed E-state index contributed by atoms with van der Waals surface area (Å²) in [7, 11) is 0. The standard InChI is InChI=1S/C14H18FN/c15-12-3-1-2-11(8-12)14(16)13-7-9-4-5-10(13)6-9/h1-3,8-10,13-14H,4-7,16H2. The zero-order chi connectivity index (χ0) is 11.1. The van der Waals surface area contributed by atoms with Gasteiger partial charge in [0.05, 0.1) is 0 Å². The molecule has 1 aromatic rings. The molecule has 16 heavy (non-hydrogen) atoms. The lowest BCUT2D eigenvalue weighted by Crippen LogP contribution is -2.26. The van der Waals surface area contributed by atoms with Gasteiger partial charge in [-0.25, -0.2) is 4.39 Å². The van der Waals surface area contributed by atoms with Crippen LogP contribution in [0.3, 0.4) is 0 Å². The van der Waals surface area contributed by atoms with Crippen LogP contribution in [0.4, 0.5) is 4.39 Å². The first kappa shape index (κ1) is 10.3. The lowest BCUT2D eigenvalue weighted by atomic mass is 9.81. The van der Waals surface area contributed by atoms with Gasteiger partial charge in [-0.2, -0.15) is 0 Å². The second-order valence-corrected chi connectivity index (χ2v) is 5.42. The molecule has 4 unspecified atom stereocenters. The normalized spacial score (nSPS) is 34.2. The summed E-state index contributed by atoms with van der Waals surface area (Å²) in [6.07, 6.45) is 5.32. The Labute approximate surface area is 95.8 Å². The van der Waals surface area contributed by atoms with Crippen LogP contribution in [0, 0.1) is 23.6 Å². The molecule has 2 aliphatic rings. The van der Waals surface area contributed by atoms with E-state index >= 15 is 0 Å². The van der Waals surface area contributed by atoms with Crippen LogP contribution in [0.15, 0.2) is 24.3 Å². The Bertz CT molecular complexity index is 390. The van der Waals surface area contributed by atoms with Crippen LogP contribution in [0.2, 0.25) is 0 Å². The third-order valence-corrected chi connectivity index (χ3v) is 4.49. The van der Waals surface area contributed by atoms with Gasteiger partial charge in [0.1, 0.15) is 5.82 Å². The smallest absolute Gasteiger partial charge is 0.123 e. The molecule has 2 fully saturated rings. The summed E-state index contributed by atoms with van der Waals surface area (Å²) >= 11 is 0. The van der Waals surface area contributed by atoms with Crippen molar-refractivity contribution in [2.24, 2.45) is 23.5 Å². The molecule has 0 aliphatic heterocycles. The Morgan fingerprint density at radius 2 is 2.12 bits per heavy atom. The van der Waals surface area contributed by atoms with E-state index in [2.05, 4.69) is 0 Å².